The summed E-state index contributed by atoms with van der Waals surface area (Å²) in [4.78, 5) is 0. The van der Waals surface area contributed by atoms with Crippen molar-refractivity contribution in [1.82, 2.24) is 10.6 Å². The van der Waals surface area contributed by atoms with Crippen molar-refractivity contribution in [3.63, 3.8) is 0 Å². The maximum atomic E-state index is 8.46. The summed E-state index contributed by atoms with van der Waals surface area (Å²) in [5.41, 5.74) is 0. The van der Waals surface area contributed by atoms with Crippen LogP contribution >= 0.6 is 0 Å². The first-order chi connectivity index (χ1) is 4.43. The quantitative estimate of drug-likeness (QED) is 0.442. The normalized spacial score (nSPS) is 18.1. The Labute approximate surface area is 54.8 Å². The van der Waals surface area contributed by atoms with Crippen LogP contribution in [0.2, 0.25) is 0 Å². The molecule has 3 nitrogen and oxygen atoms in total. The first-order valence-corrected chi connectivity index (χ1v) is 3.22. The smallest absolute Gasteiger partial charge is 0.0968 e. The Morgan fingerprint density at radius 3 is 2.67 bits per heavy atom. The molecule has 0 aromatic carbocycles. The monoisotopic (exact) mass is 128 g/mol. The molecular formula is C6H12N2O. The molecule has 1 aliphatic rings. The van der Waals surface area contributed by atoms with Crippen molar-refractivity contribution in [2.45, 2.75) is 6.42 Å². The summed E-state index contributed by atoms with van der Waals surface area (Å²) in [6.45, 7) is 2.13. The molecule has 9 heavy (non-hydrogen) atoms. The average Bonchev–Trinajstić information content (AvgIpc) is 1.91. The maximum Gasteiger partial charge on any atom is 0.0968 e. The van der Waals surface area contributed by atoms with Gasteiger partial charge in [0.1, 0.15) is 0 Å². The molecule has 0 saturated carbocycles. The van der Waals surface area contributed by atoms with Gasteiger partial charge in [-0.3, -0.25) is 0 Å². The minimum Gasteiger partial charge on any atom is -0.392 e. The van der Waals surface area contributed by atoms with Gasteiger partial charge < -0.3 is 15.7 Å². The Kier molecular flexibility index (Phi) is 2.39. The number of hydrogen-bond donors (Lipinski definition) is 3. The molecule has 0 aromatic rings. The van der Waals surface area contributed by atoms with E-state index in [1.165, 1.54) is 0 Å². The third-order valence-corrected chi connectivity index (χ3v) is 1.28. The van der Waals surface area contributed by atoms with E-state index in [2.05, 4.69) is 10.6 Å². The van der Waals surface area contributed by atoms with Gasteiger partial charge in [-0.2, -0.15) is 0 Å². The van der Waals surface area contributed by atoms with Crippen LogP contribution in [0.1, 0.15) is 6.42 Å². The van der Waals surface area contributed by atoms with Gasteiger partial charge in [-0.1, -0.05) is 0 Å². The third kappa shape index (κ3) is 1.93. The number of rotatable bonds is 1. The van der Waals surface area contributed by atoms with E-state index in [0.29, 0.717) is 0 Å². The summed E-state index contributed by atoms with van der Waals surface area (Å²) < 4.78 is 0. The number of aliphatic hydroxyl groups is 1. The molecule has 1 fully saturated rings. The van der Waals surface area contributed by atoms with Crippen molar-refractivity contribution in [2.24, 2.45) is 0 Å². The highest BCUT2D eigenvalue weighted by Gasteiger charge is 1.99. The van der Waals surface area contributed by atoms with Crippen molar-refractivity contribution in [3.05, 3.63) is 11.9 Å². The summed E-state index contributed by atoms with van der Waals surface area (Å²) in [5, 5.41) is 14.7. The Morgan fingerprint density at radius 2 is 2.11 bits per heavy atom. The first kappa shape index (κ1) is 6.42. The van der Waals surface area contributed by atoms with Gasteiger partial charge in [0.2, 0.25) is 0 Å². The van der Waals surface area contributed by atoms with Crippen LogP contribution in [-0.4, -0.2) is 24.8 Å². The molecular weight excluding hydrogens is 116 g/mol. The Hall–Kier alpha value is -0.700. The highest BCUT2D eigenvalue weighted by Crippen LogP contribution is 1.90. The van der Waals surface area contributed by atoms with Gasteiger partial charge in [0, 0.05) is 13.1 Å². The minimum atomic E-state index is 0.106. The van der Waals surface area contributed by atoms with Gasteiger partial charge in [0.15, 0.2) is 0 Å². The Morgan fingerprint density at radius 1 is 1.44 bits per heavy atom. The highest BCUT2D eigenvalue weighted by molar-refractivity contribution is 4.99. The maximum absolute atomic E-state index is 8.46. The lowest BCUT2D eigenvalue weighted by Crippen LogP contribution is -2.35. The van der Waals surface area contributed by atoms with Crippen LogP contribution < -0.4 is 10.6 Å². The molecule has 3 N–H and O–H groups in total. The zero-order valence-corrected chi connectivity index (χ0v) is 5.35. The molecule has 1 rings (SSSR count). The fourth-order valence-electron chi connectivity index (χ4n) is 0.833. The summed E-state index contributed by atoms with van der Waals surface area (Å²) in [6, 6.07) is 0. The summed E-state index contributed by atoms with van der Waals surface area (Å²) in [6.07, 6.45) is 2.89. The Balaban J connectivity index is 2.30. The van der Waals surface area contributed by atoms with Crippen LogP contribution in [0.25, 0.3) is 0 Å². The lowest BCUT2D eigenvalue weighted by Gasteiger charge is -2.18. The van der Waals surface area contributed by atoms with Crippen molar-refractivity contribution >= 4 is 0 Å². The molecule has 0 bridgehead atoms. The van der Waals surface area contributed by atoms with E-state index >= 15 is 0 Å². The van der Waals surface area contributed by atoms with Crippen LogP contribution in [0.5, 0.6) is 0 Å². The van der Waals surface area contributed by atoms with Crippen LogP contribution in [0, 0.1) is 0 Å². The summed E-state index contributed by atoms with van der Waals surface area (Å²) >= 11 is 0. The Bertz CT molecular complexity index is 104. The van der Waals surface area contributed by atoms with Crippen LogP contribution in [0.4, 0.5) is 0 Å². The molecule has 0 spiro atoms. The van der Waals surface area contributed by atoms with Crippen molar-refractivity contribution in [2.75, 3.05) is 19.7 Å². The number of hydrogen-bond acceptors (Lipinski definition) is 3. The van der Waals surface area contributed by atoms with E-state index in [4.69, 9.17) is 5.11 Å². The molecule has 3 heteroatoms. The van der Waals surface area contributed by atoms with E-state index in [9.17, 15) is 0 Å². The molecule has 0 aliphatic carbocycles. The topological polar surface area (TPSA) is 44.3 Å². The summed E-state index contributed by atoms with van der Waals surface area (Å²) in [5.74, 6) is 0.962. The predicted octanol–water partition coefficient (Wildman–Crippen LogP) is -0.597. The molecule has 0 amide bonds. The van der Waals surface area contributed by atoms with E-state index in [1.807, 2.05) is 0 Å². The molecule has 1 saturated heterocycles. The zero-order chi connectivity index (χ0) is 6.53. The van der Waals surface area contributed by atoms with Crippen LogP contribution in [0.15, 0.2) is 11.9 Å². The fraction of sp³-hybridized carbons (Fsp3) is 0.667. The van der Waals surface area contributed by atoms with E-state index in [0.717, 1.165) is 25.3 Å². The molecule has 0 radical (unpaired) electrons. The first-order valence-electron chi connectivity index (χ1n) is 3.22. The van der Waals surface area contributed by atoms with Crippen molar-refractivity contribution < 1.29 is 5.11 Å². The predicted molar refractivity (Wildman–Crippen MR) is 35.8 cm³/mol. The average molecular weight is 128 g/mol. The largest absolute Gasteiger partial charge is 0.392 e. The molecule has 0 unspecified atom stereocenters. The van der Waals surface area contributed by atoms with Crippen molar-refractivity contribution in [1.29, 1.82) is 0 Å². The fourth-order valence-corrected chi connectivity index (χ4v) is 0.833. The second-order valence-electron chi connectivity index (χ2n) is 2.01. The highest BCUT2D eigenvalue weighted by atomic mass is 16.2. The van der Waals surface area contributed by atoms with E-state index in [-0.39, 0.29) is 6.61 Å². The van der Waals surface area contributed by atoms with Gasteiger partial charge in [-0.15, -0.1) is 0 Å². The SMILES string of the molecule is OCC=C1NCCCN1. The lowest BCUT2D eigenvalue weighted by atomic mass is 10.3. The lowest BCUT2D eigenvalue weighted by molar-refractivity contribution is 0.339. The van der Waals surface area contributed by atoms with E-state index < -0.39 is 0 Å². The van der Waals surface area contributed by atoms with Crippen LogP contribution in [-0.2, 0) is 0 Å². The molecule has 52 valence electrons. The van der Waals surface area contributed by atoms with Gasteiger partial charge in [0.25, 0.3) is 0 Å². The van der Waals surface area contributed by atoms with Crippen molar-refractivity contribution in [3.8, 4) is 0 Å². The zero-order valence-electron chi connectivity index (χ0n) is 5.35. The second kappa shape index (κ2) is 3.35. The van der Waals surface area contributed by atoms with Crippen LogP contribution in [0.3, 0.4) is 0 Å². The summed E-state index contributed by atoms with van der Waals surface area (Å²) in [7, 11) is 0. The van der Waals surface area contributed by atoms with Gasteiger partial charge in [-0.05, 0) is 12.5 Å². The molecule has 0 aromatic heterocycles. The number of aliphatic hydroxyl groups excluding tert-OH is 1. The standard InChI is InChI=1S/C6H12N2O/c9-5-2-6-7-3-1-4-8-6/h2,7-9H,1,3-5H2. The van der Waals surface area contributed by atoms with Gasteiger partial charge >= 0.3 is 0 Å². The van der Waals surface area contributed by atoms with Gasteiger partial charge in [-0.25, -0.2) is 0 Å². The minimum absolute atomic E-state index is 0.106. The third-order valence-electron chi connectivity index (χ3n) is 1.28. The van der Waals surface area contributed by atoms with Gasteiger partial charge in [0.05, 0.1) is 12.4 Å². The number of nitrogens with one attached hydrogen (secondary N) is 2. The molecule has 1 heterocycles. The van der Waals surface area contributed by atoms with E-state index in [1.54, 1.807) is 6.08 Å². The molecule has 0 atom stereocenters. The second-order valence-corrected chi connectivity index (χ2v) is 2.01. The molecule has 1 aliphatic heterocycles.